The molecule has 0 bridgehead atoms. The van der Waals surface area contributed by atoms with Crippen LogP contribution in [0.1, 0.15) is 15.9 Å². The number of nitrogens with zero attached hydrogens (tertiary/aromatic N) is 2. The number of esters is 1. The molecule has 0 spiro atoms. The molecule has 0 aliphatic heterocycles. The Morgan fingerprint density at radius 2 is 1.76 bits per heavy atom. The van der Waals surface area contributed by atoms with Crippen LogP contribution in [0.2, 0.25) is 0 Å². The number of hydrazone groups is 1. The van der Waals surface area contributed by atoms with Gasteiger partial charge in [-0.25, -0.2) is 10.2 Å². The van der Waals surface area contributed by atoms with Crippen LogP contribution >= 0.6 is 0 Å². The summed E-state index contributed by atoms with van der Waals surface area (Å²) in [7, 11) is 1.44. The molecule has 0 saturated heterocycles. The minimum Gasteiger partial charge on any atom is -0.493 e. The van der Waals surface area contributed by atoms with Gasteiger partial charge in [-0.3, -0.25) is 14.9 Å². The quantitative estimate of drug-likeness (QED) is 0.174. The molecule has 0 saturated carbocycles. The van der Waals surface area contributed by atoms with E-state index in [4.69, 9.17) is 14.2 Å². The lowest BCUT2D eigenvalue weighted by atomic mass is 10.2. The molecule has 0 unspecified atom stereocenters. The van der Waals surface area contributed by atoms with Crippen molar-refractivity contribution in [2.75, 3.05) is 13.7 Å². The first kappa shape index (κ1) is 22.9. The van der Waals surface area contributed by atoms with Gasteiger partial charge in [0.05, 0.1) is 23.8 Å². The average molecular weight is 449 g/mol. The van der Waals surface area contributed by atoms with Crippen molar-refractivity contribution in [3.8, 4) is 17.2 Å². The Labute approximate surface area is 188 Å². The lowest BCUT2D eigenvalue weighted by Crippen LogP contribution is -2.24. The minimum atomic E-state index is -0.528. The first-order valence-corrected chi connectivity index (χ1v) is 9.60. The highest BCUT2D eigenvalue weighted by molar-refractivity contribution is 5.91. The molecule has 10 heteroatoms. The first-order valence-electron chi connectivity index (χ1n) is 9.60. The van der Waals surface area contributed by atoms with Crippen molar-refractivity contribution in [3.05, 3.63) is 94.0 Å². The number of rotatable bonds is 9. The number of nitro groups is 1. The van der Waals surface area contributed by atoms with Gasteiger partial charge in [-0.1, -0.05) is 18.2 Å². The van der Waals surface area contributed by atoms with Crippen LogP contribution in [-0.4, -0.2) is 36.7 Å². The van der Waals surface area contributed by atoms with Gasteiger partial charge in [-0.05, 0) is 48.0 Å². The fraction of sp³-hybridized carbons (Fsp3) is 0.0870. The molecule has 0 aliphatic rings. The molecule has 3 rings (SSSR count). The molecule has 3 aromatic carbocycles. The number of amides is 1. The van der Waals surface area contributed by atoms with Crippen molar-refractivity contribution in [2.24, 2.45) is 5.10 Å². The number of hydrogen-bond acceptors (Lipinski definition) is 8. The van der Waals surface area contributed by atoms with Crippen molar-refractivity contribution in [2.45, 2.75) is 0 Å². The molecular formula is C23H19N3O7. The predicted molar refractivity (Wildman–Crippen MR) is 119 cm³/mol. The summed E-state index contributed by atoms with van der Waals surface area (Å²) in [5.41, 5.74) is 3.22. The first-order chi connectivity index (χ1) is 16.0. The molecule has 1 N–H and O–H groups in total. The molecule has 33 heavy (non-hydrogen) atoms. The fourth-order valence-electron chi connectivity index (χ4n) is 2.61. The summed E-state index contributed by atoms with van der Waals surface area (Å²) >= 11 is 0. The Bertz CT molecular complexity index is 1160. The topological polar surface area (TPSA) is 129 Å². The summed E-state index contributed by atoms with van der Waals surface area (Å²) < 4.78 is 15.9. The van der Waals surface area contributed by atoms with E-state index < -0.39 is 16.8 Å². The summed E-state index contributed by atoms with van der Waals surface area (Å²) in [5.74, 6) is -0.175. The molecule has 0 fully saturated rings. The lowest BCUT2D eigenvalue weighted by Gasteiger charge is -2.10. The van der Waals surface area contributed by atoms with Crippen molar-refractivity contribution < 1.29 is 28.7 Å². The summed E-state index contributed by atoms with van der Waals surface area (Å²) in [5, 5.41) is 14.5. The molecule has 168 valence electrons. The SMILES string of the molecule is COc1cc(/C=N\NC(=O)COc2ccc([N+](=O)[O-])cc2)ccc1OC(=O)c1ccccc1. The number of nitrogens with one attached hydrogen (secondary N) is 1. The van der Waals surface area contributed by atoms with Gasteiger partial charge in [-0.15, -0.1) is 0 Å². The Morgan fingerprint density at radius 1 is 1.03 bits per heavy atom. The maximum absolute atomic E-state index is 12.2. The standard InChI is InChI=1S/C23H19N3O7/c1-31-21-13-16(7-12-20(21)33-23(28)17-5-3-2-4-6-17)14-24-25-22(27)15-32-19-10-8-18(9-11-19)26(29)30/h2-14H,15H2,1H3,(H,25,27)/b24-14-. The third-order valence-electron chi connectivity index (χ3n) is 4.22. The molecule has 3 aromatic rings. The minimum absolute atomic E-state index is 0.0762. The van der Waals surface area contributed by atoms with Gasteiger partial charge in [0.1, 0.15) is 5.75 Å². The van der Waals surface area contributed by atoms with Crippen molar-refractivity contribution in [1.82, 2.24) is 5.43 Å². The Morgan fingerprint density at radius 3 is 2.42 bits per heavy atom. The van der Waals surface area contributed by atoms with Crippen molar-refractivity contribution in [3.63, 3.8) is 0 Å². The van der Waals surface area contributed by atoms with Crippen molar-refractivity contribution in [1.29, 1.82) is 0 Å². The number of hydrogen-bond donors (Lipinski definition) is 1. The van der Waals surface area contributed by atoms with Gasteiger partial charge < -0.3 is 14.2 Å². The zero-order valence-corrected chi connectivity index (χ0v) is 17.5. The van der Waals surface area contributed by atoms with Gasteiger partial charge in [0, 0.05) is 12.1 Å². The van der Waals surface area contributed by atoms with Crippen LogP contribution in [-0.2, 0) is 4.79 Å². The molecule has 1 amide bonds. The van der Waals surface area contributed by atoms with Crippen LogP contribution < -0.4 is 19.6 Å². The molecule has 0 atom stereocenters. The third kappa shape index (κ3) is 6.62. The van der Waals surface area contributed by atoms with E-state index in [1.54, 1.807) is 48.5 Å². The van der Waals surface area contributed by atoms with E-state index in [0.717, 1.165) is 0 Å². The van der Waals surface area contributed by atoms with Crippen LogP contribution in [0.4, 0.5) is 5.69 Å². The fourth-order valence-corrected chi connectivity index (χ4v) is 2.61. The average Bonchev–Trinajstić information content (AvgIpc) is 2.84. The maximum Gasteiger partial charge on any atom is 0.343 e. The number of methoxy groups -OCH3 is 1. The summed E-state index contributed by atoms with van der Waals surface area (Å²) in [6.07, 6.45) is 1.38. The van der Waals surface area contributed by atoms with Gasteiger partial charge >= 0.3 is 5.97 Å². The largest absolute Gasteiger partial charge is 0.493 e. The highest BCUT2D eigenvalue weighted by Gasteiger charge is 2.12. The van der Waals surface area contributed by atoms with Gasteiger partial charge in [0.25, 0.3) is 11.6 Å². The lowest BCUT2D eigenvalue weighted by molar-refractivity contribution is -0.384. The highest BCUT2D eigenvalue weighted by atomic mass is 16.6. The maximum atomic E-state index is 12.2. The van der Waals surface area contributed by atoms with E-state index >= 15 is 0 Å². The van der Waals surface area contributed by atoms with Gasteiger partial charge in [0.2, 0.25) is 0 Å². The molecule has 10 nitrogen and oxygen atoms in total. The highest BCUT2D eigenvalue weighted by Crippen LogP contribution is 2.28. The van der Waals surface area contributed by atoms with E-state index in [9.17, 15) is 19.7 Å². The summed E-state index contributed by atoms with van der Waals surface area (Å²) in [6.45, 7) is -0.327. The monoisotopic (exact) mass is 449 g/mol. The molecule has 0 aromatic heterocycles. The summed E-state index contributed by atoms with van der Waals surface area (Å²) in [4.78, 5) is 34.2. The number of carbonyl (C=O) groups excluding carboxylic acids is 2. The van der Waals surface area contributed by atoms with Crippen LogP contribution in [0.15, 0.2) is 77.9 Å². The zero-order chi connectivity index (χ0) is 23.6. The smallest absolute Gasteiger partial charge is 0.343 e. The molecular weight excluding hydrogens is 430 g/mol. The van der Waals surface area contributed by atoms with E-state index in [0.29, 0.717) is 22.6 Å². The number of ether oxygens (including phenoxy) is 3. The number of benzene rings is 3. The van der Waals surface area contributed by atoms with E-state index in [-0.39, 0.29) is 18.0 Å². The van der Waals surface area contributed by atoms with Gasteiger partial charge in [0.15, 0.2) is 18.1 Å². The predicted octanol–water partition coefficient (Wildman–Crippen LogP) is 3.35. The third-order valence-corrected chi connectivity index (χ3v) is 4.22. The van der Waals surface area contributed by atoms with Gasteiger partial charge in [-0.2, -0.15) is 5.10 Å². The van der Waals surface area contributed by atoms with E-state index in [1.165, 1.54) is 37.6 Å². The number of non-ortho nitro benzene ring substituents is 1. The Balaban J connectivity index is 1.53. The number of nitro benzene ring substituents is 1. The van der Waals surface area contributed by atoms with Crippen LogP contribution in [0.25, 0.3) is 0 Å². The zero-order valence-electron chi connectivity index (χ0n) is 17.5. The summed E-state index contributed by atoms with van der Waals surface area (Å²) in [6, 6.07) is 18.7. The van der Waals surface area contributed by atoms with E-state index in [2.05, 4.69) is 10.5 Å². The van der Waals surface area contributed by atoms with Crippen LogP contribution in [0.5, 0.6) is 17.2 Å². The van der Waals surface area contributed by atoms with Crippen LogP contribution in [0.3, 0.4) is 0 Å². The molecule has 0 heterocycles. The van der Waals surface area contributed by atoms with E-state index in [1.807, 2.05) is 0 Å². The second kappa shape index (κ2) is 11.0. The Hall–Kier alpha value is -4.73. The number of carbonyl (C=O) groups is 2. The van der Waals surface area contributed by atoms with Crippen molar-refractivity contribution >= 4 is 23.8 Å². The molecule has 0 aliphatic carbocycles. The molecule has 0 radical (unpaired) electrons. The second-order valence-corrected chi connectivity index (χ2v) is 6.50. The normalized spacial score (nSPS) is 10.5. The second-order valence-electron chi connectivity index (χ2n) is 6.50. The van der Waals surface area contributed by atoms with Crippen LogP contribution in [0, 0.1) is 10.1 Å². The Kier molecular flexibility index (Phi) is 7.68.